The third-order valence-electron chi connectivity index (χ3n) is 5.08. The van der Waals surface area contributed by atoms with Gasteiger partial charge in [0.15, 0.2) is 0 Å². The minimum absolute atomic E-state index is 0.331. The number of fused-ring (bicyclic) bond motifs is 1. The topological polar surface area (TPSA) is 63.7 Å². The molecule has 1 aliphatic rings. The van der Waals surface area contributed by atoms with E-state index >= 15 is 0 Å². The van der Waals surface area contributed by atoms with Gasteiger partial charge in [0.05, 0.1) is 11.1 Å². The molecule has 28 heavy (non-hydrogen) atoms. The Bertz CT molecular complexity index is 919. The van der Waals surface area contributed by atoms with E-state index in [1.165, 1.54) is 0 Å². The molecular weight excluding hydrogens is 374 g/mol. The maximum atomic E-state index is 13.1. The smallest absolute Gasteiger partial charge is 0.334 e. The fourth-order valence-electron chi connectivity index (χ4n) is 3.32. The third kappa shape index (κ3) is 3.56. The van der Waals surface area contributed by atoms with Crippen molar-refractivity contribution >= 4 is 29.5 Å². The second-order valence-corrected chi connectivity index (χ2v) is 7.88. The van der Waals surface area contributed by atoms with Gasteiger partial charge in [-0.25, -0.2) is 4.79 Å². The van der Waals surface area contributed by atoms with Crippen molar-refractivity contribution in [3.05, 3.63) is 64.2 Å². The van der Waals surface area contributed by atoms with Crippen molar-refractivity contribution in [2.24, 2.45) is 0 Å². The lowest BCUT2D eigenvalue weighted by Crippen LogP contribution is -2.47. The van der Waals surface area contributed by atoms with Gasteiger partial charge in [0.2, 0.25) is 0 Å². The lowest BCUT2D eigenvalue weighted by Gasteiger charge is -2.25. The van der Waals surface area contributed by atoms with Crippen LogP contribution in [-0.4, -0.2) is 40.7 Å². The maximum absolute atomic E-state index is 13.1. The molecule has 0 aliphatic carbocycles. The number of carbonyl (C=O) groups is 3. The molecule has 3 rings (SSSR count). The number of imide groups is 1. The summed E-state index contributed by atoms with van der Waals surface area (Å²) in [5, 5.41) is 0. The van der Waals surface area contributed by atoms with Gasteiger partial charge >= 0.3 is 5.97 Å². The van der Waals surface area contributed by atoms with Crippen LogP contribution >= 0.6 is 11.8 Å². The highest BCUT2D eigenvalue weighted by atomic mass is 32.2. The number of carbonyl (C=O) groups excluding carboxylic acids is 3. The van der Waals surface area contributed by atoms with Crippen molar-refractivity contribution in [3.8, 4) is 5.75 Å². The molecule has 2 aromatic carbocycles. The quantitative estimate of drug-likeness (QED) is 0.420. The van der Waals surface area contributed by atoms with Gasteiger partial charge in [0.1, 0.15) is 11.8 Å². The average molecular weight is 397 g/mol. The number of ether oxygens (including phenoxy) is 1. The SMILES string of the molecule is CSCC[C@@H](C(=O)Oc1c(C)ccc(C)c1C)N1C(=O)c2ccccc2C1=O. The number of amides is 2. The Hall–Kier alpha value is -2.60. The van der Waals surface area contributed by atoms with Crippen LogP contribution < -0.4 is 4.74 Å². The first kappa shape index (κ1) is 20.1. The van der Waals surface area contributed by atoms with Gasteiger partial charge in [-0.1, -0.05) is 24.3 Å². The van der Waals surface area contributed by atoms with Gasteiger partial charge in [0.25, 0.3) is 11.8 Å². The predicted octanol–water partition coefficient (Wildman–Crippen LogP) is 3.94. The van der Waals surface area contributed by atoms with Crippen LogP contribution in [0, 0.1) is 20.8 Å². The second-order valence-electron chi connectivity index (χ2n) is 6.90. The zero-order valence-electron chi connectivity index (χ0n) is 16.4. The molecule has 0 unspecified atom stereocenters. The Morgan fingerprint density at radius 2 is 1.57 bits per heavy atom. The molecule has 5 nitrogen and oxygen atoms in total. The van der Waals surface area contributed by atoms with Crippen LogP contribution in [0.1, 0.15) is 43.8 Å². The largest absolute Gasteiger partial charge is 0.424 e. The van der Waals surface area contributed by atoms with Gasteiger partial charge < -0.3 is 4.74 Å². The molecule has 1 atom stereocenters. The summed E-state index contributed by atoms with van der Waals surface area (Å²) in [6.45, 7) is 5.71. The maximum Gasteiger partial charge on any atom is 0.334 e. The molecule has 2 amide bonds. The van der Waals surface area contributed by atoms with Crippen LogP contribution in [-0.2, 0) is 4.79 Å². The molecule has 1 aliphatic heterocycles. The third-order valence-corrected chi connectivity index (χ3v) is 5.72. The van der Waals surface area contributed by atoms with Gasteiger partial charge in [-0.2, -0.15) is 11.8 Å². The highest BCUT2D eigenvalue weighted by molar-refractivity contribution is 7.98. The van der Waals surface area contributed by atoms with E-state index in [0.717, 1.165) is 21.6 Å². The van der Waals surface area contributed by atoms with E-state index < -0.39 is 23.8 Å². The molecule has 0 aromatic heterocycles. The van der Waals surface area contributed by atoms with Gasteiger partial charge in [0, 0.05) is 0 Å². The summed E-state index contributed by atoms with van der Waals surface area (Å²) in [4.78, 5) is 39.8. The molecule has 1 heterocycles. The molecule has 0 spiro atoms. The number of esters is 1. The summed E-state index contributed by atoms with van der Waals surface area (Å²) in [5.41, 5.74) is 3.38. The number of benzene rings is 2. The molecule has 0 fully saturated rings. The van der Waals surface area contributed by atoms with Gasteiger partial charge in [-0.3, -0.25) is 14.5 Å². The lowest BCUT2D eigenvalue weighted by atomic mass is 10.1. The molecule has 0 saturated carbocycles. The molecule has 146 valence electrons. The van der Waals surface area contributed by atoms with Crippen LogP contribution in [0.4, 0.5) is 0 Å². The Balaban J connectivity index is 1.93. The molecule has 2 aromatic rings. The second kappa shape index (κ2) is 8.19. The van der Waals surface area contributed by atoms with Gasteiger partial charge in [-0.15, -0.1) is 0 Å². The normalized spacial score (nSPS) is 14.2. The van der Waals surface area contributed by atoms with Crippen LogP contribution in [0.2, 0.25) is 0 Å². The summed E-state index contributed by atoms with van der Waals surface area (Å²) in [5.74, 6) is -0.349. The summed E-state index contributed by atoms with van der Waals surface area (Å²) in [7, 11) is 0. The molecule has 0 radical (unpaired) electrons. The van der Waals surface area contributed by atoms with E-state index in [0.29, 0.717) is 29.1 Å². The number of hydrogen-bond acceptors (Lipinski definition) is 5. The molecular formula is C22H23NO4S. The van der Waals surface area contributed by atoms with E-state index in [1.54, 1.807) is 36.0 Å². The number of hydrogen-bond donors (Lipinski definition) is 0. The summed E-state index contributed by atoms with van der Waals surface area (Å²) in [6.07, 6.45) is 2.26. The Labute approximate surface area is 169 Å². The molecule has 6 heteroatoms. The van der Waals surface area contributed by atoms with Crippen LogP contribution in [0.5, 0.6) is 5.75 Å². The minimum Gasteiger partial charge on any atom is -0.424 e. The average Bonchev–Trinajstić information content (AvgIpc) is 2.94. The summed E-state index contributed by atoms with van der Waals surface area (Å²) >= 11 is 1.55. The van der Waals surface area contributed by atoms with E-state index in [9.17, 15) is 14.4 Å². The number of nitrogens with zero attached hydrogens (tertiary/aromatic N) is 1. The Morgan fingerprint density at radius 1 is 1.00 bits per heavy atom. The highest BCUT2D eigenvalue weighted by Gasteiger charge is 2.43. The van der Waals surface area contributed by atoms with Crippen molar-refractivity contribution in [1.82, 2.24) is 4.90 Å². The molecule has 0 bridgehead atoms. The van der Waals surface area contributed by atoms with E-state index in [2.05, 4.69) is 0 Å². The van der Waals surface area contributed by atoms with Crippen molar-refractivity contribution in [2.45, 2.75) is 33.2 Å². The first-order valence-electron chi connectivity index (χ1n) is 9.11. The first-order valence-corrected chi connectivity index (χ1v) is 10.5. The first-order chi connectivity index (χ1) is 13.4. The summed E-state index contributed by atoms with van der Waals surface area (Å²) < 4.78 is 5.73. The Kier molecular flexibility index (Phi) is 5.89. The zero-order chi connectivity index (χ0) is 20.4. The van der Waals surface area contributed by atoms with Crippen molar-refractivity contribution < 1.29 is 19.1 Å². The lowest BCUT2D eigenvalue weighted by molar-refractivity contribution is -0.139. The van der Waals surface area contributed by atoms with E-state index in [1.807, 2.05) is 39.2 Å². The van der Waals surface area contributed by atoms with Crippen molar-refractivity contribution in [1.29, 1.82) is 0 Å². The van der Waals surface area contributed by atoms with Gasteiger partial charge in [-0.05, 0) is 68.0 Å². The fourth-order valence-corrected chi connectivity index (χ4v) is 3.78. The molecule has 0 saturated heterocycles. The minimum atomic E-state index is -0.959. The molecule has 0 N–H and O–H groups in total. The van der Waals surface area contributed by atoms with Crippen molar-refractivity contribution in [3.63, 3.8) is 0 Å². The predicted molar refractivity (Wildman–Crippen MR) is 110 cm³/mol. The monoisotopic (exact) mass is 397 g/mol. The number of aryl methyl sites for hydroxylation is 2. The highest BCUT2D eigenvalue weighted by Crippen LogP contribution is 2.29. The fraction of sp³-hybridized carbons (Fsp3) is 0.318. The van der Waals surface area contributed by atoms with E-state index in [-0.39, 0.29) is 0 Å². The van der Waals surface area contributed by atoms with Crippen LogP contribution in [0.25, 0.3) is 0 Å². The number of thioether (sulfide) groups is 1. The van der Waals surface area contributed by atoms with Crippen LogP contribution in [0.15, 0.2) is 36.4 Å². The Morgan fingerprint density at radius 3 is 2.14 bits per heavy atom. The van der Waals surface area contributed by atoms with E-state index in [4.69, 9.17) is 4.74 Å². The standard InChI is InChI=1S/C22H23NO4S/c1-13-9-10-14(2)19(15(13)3)27-22(26)18(11-12-28-4)23-20(24)16-7-5-6-8-17(16)21(23)25/h5-10,18H,11-12H2,1-4H3/t18-/m0/s1. The van der Waals surface area contributed by atoms with Crippen molar-refractivity contribution in [2.75, 3.05) is 12.0 Å². The summed E-state index contributed by atoms with van der Waals surface area (Å²) in [6, 6.07) is 9.55. The number of rotatable bonds is 6. The zero-order valence-corrected chi connectivity index (χ0v) is 17.3. The van der Waals surface area contributed by atoms with Crippen LogP contribution in [0.3, 0.4) is 0 Å².